The fourth-order valence-electron chi connectivity index (χ4n) is 0.927. The zero-order chi connectivity index (χ0) is 11.4. The maximum atomic E-state index is 11.0. The molecule has 0 atom stereocenters. The lowest BCUT2D eigenvalue weighted by molar-refractivity contribution is -0.139. The number of aromatic hydroxyl groups is 1. The molecule has 0 aliphatic heterocycles. The van der Waals surface area contributed by atoms with Crippen molar-refractivity contribution < 1.29 is 19.8 Å². The van der Waals surface area contributed by atoms with Crippen LogP contribution in [0.15, 0.2) is 18.2 Å². The third kappa shape index (κ3) is 3.47. The van der Waals surface area contributed by atoms with Crippen LogP contribution in [0, 0.1) is 0 Å². The van der Waals surface area contributed by atoms with Crippen molar-refractivity contribution in [1.29, 1.82) is 0 Å². The summed E-state index contributed by atoms with van der Waals surface area (Å²) in [6.45, 7) is 0. The smallest absolute Gasteiger partial charge is 0.312 e. The van der Waals surface area contributed by atoms with Crippen LogP contribution in [0.2, 0.25) is 5.02 Å². The van der Waals surface area contributed by atoms with Crippen LogP contribution in [0.4, 0.5) is 5.69 Å². The van der Waals surface area contributed by atoms with Crippen LogP contribution in [0.25, 0.3) is 0 Å². The fraction of sp³-hybridized carbons (Fsp3) is 0.111. The van der Waals surface area contributed by atoms with Crippen LogP contribution in [-0.2, 0) is 9.59 Å². The van der Waals surface area contributed by atoms with Gasteiger partial charge in [-0.3, -0.25) is 9.59 Å². The summed E-state index contributed by atoms with van der Waals surface area (Å²) in [5.41, 5.74) is 0.337. The Morgan fingerprint density at radius 3 is 2.60 bits per heavy atom. The molecule has 0 fully saturated rings. The van der Waals surface area contributed by atoms with Crippen molar-refractivity contribution in [2.24, 2.45) is 0 Å². The lowest BCUT2D eigenvalue weighted by Crippen LogP contribution is -2.15. The van der Waals surface area contributed by atoms with Gasteiger partial charge in [0.15, 0.2) is 0 Å². The minimum atomic E-state index is -1.21. The van der Waals surface area contributed by atoms with E-state index in [1.165, 1.54) is 18.2 Å². The Balaban J connectivity index is 2.69. The summed E-state index contributed by atoms with van der Waals surface area (Å²) < 4.78 is 0. The van der Waals surface area contributed by atoms with Crippen LogP contribution in [0.5, 0.6) is 5.75 Å². The van der Waals surface area contributed by atoms with Gasteiger partial charge in [0, 0.05) is 5.69 Å². The number of aliphatic carboxylic acids is 1. The van der Waals surface area contributed by atoms with Gasteiger partial charge in [0.25, 0.3) is 0 Å². The zero-order valence-electron chi connectivity index (χ0n) is 7.53. The van der Waals surface area contributed by atoms with E-state index in [0.717, 1.165) is 0 Å². The maximum absolute atomic E-state index is 11.0. The molecule has 1 rings (SSSR count). The number of phenols is 1. The lowest BCUT2D eigenvalue weighted by Gasteiger charge is -2.04. The van der Waals surface area contributed by atoms with Crippen molar-refractivity contribution >= 4 is 29.2 Å². The molecule has 0 bridgehead atoms. The quantitative estimate of drug-likeness (QED) is 0.541. The highest BCUT2D eigenvalue weighted by Crippen LogP contribution is 2.25. The monoisotopic (exact) mass is 229 g/mol. The SMILES string of the molecule is O=C(O)CC(=O)Nc1ccc(O)c(Cl)c1. The average molecular weight is 230 g/mol. The molecule has 1 amide bonds. The minimum Gasteiger partial charge on any atom is -0.506 e. The number of carbonyl (C=O) groups excluding carboxylic acids is 1. The highest BCUT2D eigenvalue weighted by Gasteiger charge is 2.08. The summed E-state index contributed by atoms with van der Waals surface area (Å²) in [5.74, 6) is -1.96. The van der Waals surface area contributed by atoms with Crippen LogP contribution in [-0.4, -0.2) is 22.1 Å². The third-order valence-electron chi connectivity index (χ3n) is 1.54. The van der Waals surface area contributed by atoms with Gasteiger partial charge in [-0.2, -0.15) is 0 Å². The normalized spacial score (nSPS) is 9.67. The summed E-state index contributed by atoms with van der Waals surface area (Å²) in [7, 11) is 0. The molecule has 80 valence electrons. The number of carbonyl (C=O) groups is 2. The second-order valence-corrected chi connectivity index (χ2v) is 3.19. The molecule has 1 aromatic rings. The molecule has 0 aromatic heterocycles. The molecule has 5 nitrogen and oxygen atoms in total. The number of rotatable bonds is 3. The fourth-order valence-corrected chi connectivity index (χ4v) is 1.11. The van der Waals surface area contributed by atoms with Gasteiger partial charge < -0.3 is 15.5 Å². The molecule has 0 saturated carbocycles. The first-order valence-electron chi connectivity index (χ1n) is 3.99. The van der Waals surface area contributed by atoms with Crippen LogP contribution < -0.4 is 5.32 Å². The van der Waals surface area contributed by atoms with E-state index in [1.54, 1.807) is 0 Å². The Labute approximate surface area is 90.3 Å². The molecular formula is C9H8ClNO4. The van der Waals surface area contributed by atoms with Gasteiger partial charge in [-0.05, 0) is 18.2 Å². The van der Waals surface area contributed by atoms with Gasteiger partial charge >= 0.3 is 5.97 Å². The Morgan fingerprint density at radius 1 is 1.40 bits per heavy atom. The zero-order valence-corrected chi connectivity index (χ0v) is 8.28. The number of hydrogen-bond donors (Lipinski definition) is 3. The standard InChI is InChI=1S/C9H8ClNO4/c10-6-3-5(1-2-7(6)12)11-8(13)4-9(14)15/h1-3,12H,4H2,(H,11,13)(H,14,15). The molecule has 0 aliphatic carbocycles. The van der Waals surface area contributed by atoms with E-state index in [2.05, 4.69) is 5.32 Å². The predicted molar refractivity (Wildman–Crippen MR) is 54.0 cm³/mol. The van der Waals surface area contributed by atoms with E-state index < -0.39 is 18.3 Å². The summed E-state index contributed by atoms with van der Waals surface area (Å²) >= 11 is 5.59. The first kappa shape index (κ1) is 11.3. The van der Waals surface area contributed by atoms with E-state index in [-0.39, 0.29) is 10.8 Å². The van der Waals surface area contributed by atoms with Crippen molar-refractivity contribution in [2.45, 2.75) is 6.42 Å². The van der Waals surface area contributed by atoms with Crippen molar-refractivity contribution in [3.05, 3.63) is 23.2 Å². The van der Waals surface area contributed by atoms with Gasteiger partial charge in [0.05, 0.1) is 5.02 Å². The first-order chi connectivity index (χ1) is 6.99. The Hall–Kier alpha value is -1.75. The maximum Gasteiger partial charge on any atom is 0.312 e. The van der Waals surface area contributed by atoms with Crippen LogP contribution in [0.3, 0.4) is 0 Å². The van der Waals surface area contributed by atoms with Gasteiger partial charge in [-0.1, -0.05) is 11.6 Å². The average Bonchev–Trinajstić information content (AvgIpc) is 2.10. The number of halogens is 1. The first-order valence-corrected chi connectivity index (χ1v) is 4.37. The number of phenolic OH excluding ortho intramolecular Hbond substituents is 1. The molecule has 0 aliphatic rings. The van der Waals surface area contributed by atoms with Crippen molar-refractivity contribution in [3.63, 3.8) is 0 Å². The summed E-state index contributed by atoms with van der Waals surface area (Å²) in [6, 6.07) is 4.05. The number of hydrogen-bond acceptors (Lipinski definition) is 3. The molecule has 0 heterocycles. The summed E-state index contributed by atoms with van der Waals surface area (Å²) in [5, 5.41) is 19.8. The number of carboxylic acids is 1. The highest BCUT2D eigenvalue weighted by molar-refractivity contribution is 6.32. The summed E-state index contributed by atoms with van der Waals surface area (Å²) in [4.78, 5) is 21.2. The van der Waals surface area contributed by atoms with Crippen molar-refractivity contribution in [1.82, 2.24) is 0 Å². The lowest BCUT2D eigenvalue weighted by atomic mass is 10.3. The molecule has 0 radical (unpaired) electrons. The largest absolute Gasteiger partial charge is 0.506 e. The number of nitrogens with one attached hydrogen (secondary N) is 1. The predicted octanol–water partition coefficient (Wildman–Crippen LogP) is 1.46. The molecule has 3 N–H and O–H groups in total. The summed E-state index contributed by atoms with van der Waals surface area (Å²) in [6.07, 6.45) is -0.613. The number of anilines is 1. The number of benzene rings is 1. The number of carboxylic acid groups (broad SMARTS) is 1. The molecule has 6 heteroatoms. The van der Waals surface area contributed by atoms with Gasteiger partial charge in [-0.25, -0.2) is 0 Å². The van der Waals surface area contributed by atoms with E-state index in [4.69, 9.17) is 21.8 Å². The Bertz CT molecular complexity index is 405. The molecule has 0 spiro atoms. The molecule has 0 unspecified atom stereocenters. The van der Waals surface area contributed by atoms with Gasteiger partial charge in [0.2, 0.25) is 5.91 Å². The van der Waals surface area contributed by atoms with E-state index >= 15 is 0 Å². The Morgan fingerprint density at radius 2 is 2.07 bits per heavy atom. The topological polar surface area (TPSA) is 86.6 Å². The highest BCUT2D eigenvalue weighted by atomic mass is 35.5. The van der Waals surface area contributed by atoms with E-state index in [0.29, 0.717) is 5.69 Å². The third-order valence-corrected chi connectivity index (χ3v) is 1.85. The second-order valence-electron chi connectivity index (χ2n) is 2.78. The Kier molecular flexibility index (Phi) is 3.51. The minimum absolute atomic E-state index is 0.0862. The number of amides is 1. The molecule has 1 aromatic carbocycles. The van der Waals surface area contributed by atoms with Crippen LogP contribution in [0.1, 0.15) is 6.42 Å². The van der Waals surface area contributed by atoms with Gasteiger partial charge in [0.1, 0.15) is 12.2 Å². The molecular weight excluding hydrogens is 222 g/mol. The van der Waals surface area contributed by atoms with Crippen LogP contribution >= 0.6 is 11.6 Å². The van der Waals surface area contributed by atoms with Crippen molar-refractivity contribution in [3.8, 4) is 5.75 Å². The molecule has 15 heavy (non-hydrogen) atoms. The molecule has 0 saturated heterocycles. The van der Waals surface area contributed by atoms with E-state index in [1.807, 2.05) is 0 Å². The van der Waals surface area contributed by atoms with Crippen molar-refractivity contribution in [2.75, 3.05) is 5.32 Å². The van der Waals surface area contributed by atoms with E-state index in [9.17, 15) is 9.59 Å². The van der Waals surface area contributed by atoms with Gasteiger partial charge in [-0.15, -0.1) is 0 Å². The second kappa shape index (κ2) is 4.65.